The van der Waals surface area contributed by atoms with Crippen molar-refractivity contribution < 1.29 is 4.79 Å². The maximum atomic E-state index is 11.9. The largest absolute Gasteiger partial charge is 0.352 e. The molecular weight excluding hydrogens is 324 g/mol. The van der Waals surface area contributed by atoms with E-state index < -0.39 is 0 Å². The molecule has 2 aromatic heterocycles. The van der Waals surface area contributed by atoms with Gasteiger partial charge in [-0.05, 0) is 18.6 Å². The molecule has 5 nitrogen and oxygen atoms in total. The van der Waals surface area contributed by atoms with Crippen molar-refractivity contribution in [1.29, 1.82) is 0 Å². The van der Waals surface area contributed by atoms with Crippen LogP contribution in [0.4, 0.5) is 0 Å². The Hall–Kier alpha value is -2.66. The Morgan fingerprint density at radius 1 is 1.12 bits per heavy atom. The number of halogens is 1. The number of benzene rings is 1. The Kier molecular flexibility index (Phi) is 5.23. The maximum Gasteiger partial charge on any atom is 0.252 e. The van der Waals surface area contributed by atoms with Gasteiger partial charge in [-0.1, -0.05) is 41.9 Å². The number of imidazole rings is 1. The number of hydrogen-bond donors (Lipinski definition) is 1. The van der Waals surface area contributed by atoms with Crippen molar-refractivity contribution >= 4 is 17.5 Å². The third-order valence-corrected chi connectivity index (χ3v) is 3.79. The lowest BCUT2D eigenvalue weighted by Crippen LogP contribution is -2.25. The molecule has 0 atom stereocenters. The first-order valence-corrected chi connectivity index (χ1v) is 8.07. The zero-order chi connectivity index (χ0) is 16.8. The molecule has 0 unspecified atom stereocenters. The van der Waals surface area contributed by atoms with Gasteiger partial charge in [0.05, 0.1) is 17.6 Å². The molecule has 0 aliphatic heterocycles. The maximum absolute atomic E-state index is 11.9. The molecule has 0 fully saturated rings. The van der Waals surface area contributed by atoms with Crippen LogP contribution in [-0.4, -0.2) is 27.0 Å². The van der Waals surface area contributed by atoms with E-state index in [0.717, 1.165) is 24.2 Å². The lowest BCUT2D eigenvalue weighted by Gasteiger charge is -2.05. The number of amides is 1. The van der Waals surface area contributed by atoms with Crippen molar-refractivity contribution in [2.24, 2.45) is 0 Å². The molecule has 0 saturated heterocycles. The van der Waals surface area contributed by atoms with E-state index in [1.165, 1.54) is 6.20 Å². The zero-order valence-corrected chi connectivity index (χ0v) is 13.8. The molecule has 1 aromatic carbocycles. The Labute approximate surface area is 145 Å². The first kappa shape index (κ1) is 16.2. The third kappa shape index (κ3) is 4.20. The highest BCUT2D eigenvalue weighted by atomic mass is 35.5. The molecule has 3 aromatic rings. The summed E-state index contributed by atoms with van der Waals surface area (Å²) < 4.78 is 2.03. The Balaban J connectivity index is 1.46. The van der Waals surface area contributed by atoms with Crippen LogP contribution >= 0.6 is 11.6 Å². The molecule has 0 bridgehead atoms. The lowest BCUT2D eigenvalue weighted by molar-refractivity contribution is 0.0952. The number of nitrogens with one attached hydrogen (secondary N) is 1. The third-order valence-electron chi connectivity index (χ3n) is 3.57. The van der Waals surface area contributed by atoms with Gasteiger partial charge in [-0.2, -0.15) is 0 Å². The summed E-state index contributed by atoms with van der Waals surface area (Å²) in [6.45, 7) is 1.37. The molecule has 1 amide bonds. The molecule has 3 rings (SSSR count). The number of carbonyl (C=O) groups is 1. The molecular formula is C18H17ClN4O. The molecule has 0 spiro atoms. The van der Waals surface area contributed by atoms with Crippen LogP contribution in [0.15, 0.2) is 61.2 Å². The summed E-state index contributed by atoms with van der Waals surface area (Å²) in [7, 11) is 0. The van der Waals surface area contributed by atoms with Crippen molar-refractivity contribution in [3.05, 3.63) is 71.9 Å². The summed E-state index contributed by atoms with van der Waals surface area (Å²) in [5.74, 6) is -0.144. The minimum Gasteiger partial charge on any atom is -0.352 e. The van der Waals surface area contributed by atoms with Gasteiger partial charge in [0.25, 0.3) is 5.91 Å². The highest BCUT2D eigenvalue weighted by Crippen LogP contribution is 2.15. The van der Waals surface area contributed by atoms with Crippen LogP contribution in [0.3, 0.4) is 0 Å². The molecule has 0 radical (unpaired) electrons. The first-order chi connectivity index (χ1) is 11.7. The topological polar surface area (TPSA) is 59.8 Å². The molecule has 0 aliphatic carbocycles. The summed E-state index contributed by atoms with van der Waals surface area (Å²) >= 11 is 5.71. The molecule has 2 heterocycles. The number of carbonyl (C=O) groups excluding carboxylic acids is 1. The van der Waals surface area contributed by atoms with Crippen LogP contribution in [0.2, 0.25) is 5.15 Å². The smallest absolute Gasteiger partial charge is 0.252 e. The van der Waals surface area contributed by atoms with Crippen LogP contribution in [-0.2, 0) is 6.54 Å². The van der Waals surface area contributed by atoms with Crippen molar-refractivity contribution in [3.63, 3.8) is 0 Å². The summed E-state index contributed by atoms with van der Waals surface area (Å²) in [4.78, 5) is 20.3. The van der Waals surface area contributed by atoms with Gasteiger partial charge >= 0.3 is 0 Å². The summed E-state index contributed by atoms with van der Waals surface area (Å²) in [6, 6.07) is 13.3. The fourth-order valence-corrected chi connectivity index (χ4v) is 2.43. The summed E-state index contributed by atoms with van der Waals surface area (Å²) in [5, 5.41) is 3.25. The summed E-state index contributed by atoms with van der Waals surface area (Å²) in [6.07, 6.45) is 6.12. The van der Waals surface area contributed by atoms with E-state index in [0.29, 0.717) is 17.3 Å². The SMILES string of the molecule is O=C(NCCCn1cnc(-c2ccccc2)c1)c1ccc(Cl)nc1. The van der Waals surface area contributed by atoms with Gasteiger partial charge in [0.2, 0.25) is 0 Å². The van der Waals surface area contributed by atoms with Crippen LogP contribution in [0.1, 0.15) is 16.8 Å². The van der Waals surface area contributed by atoms with E-state index in [1.54, 1.807) is 12.1 Å². The van der Waals surface area contributed by atoms with E-state index in [4.69, 9.17) is 11.6 Å². The van der Waals surface area contributed by atoms with E-state index in [1.807, 2.05) is 47.4 Å². The van der Waals surface area contributed by atoms with Gasteiger partial charge in [-0.15, -0.1) is 0 Å². The van der Waals surface area contributed by atoms with Crippen LogP contribution in [0, 0.1) is 0 Å². The van der Waals surface area contributed by atoms with Crippen molar-refractivity contribution in [3.8, 4) is 11.3 Å². The van der Waals surface area contributed by atoms with Gasteiger partial charge in [-0.3, -0.25) is 4.79 Å². The minimum absolute atomic E-state index is 0.144. The number of pyridine rings is 1. The minimum atomic E-state index is -0.144. The highest BCUT2D eigenvalue weighted by molar-refractivity contribution is 6.29. The second-order valence-electron chi connectivity index (χ2n) is 5.34. The van der Waals surface area contributed by atoms with E-state index in [2.05, 4.69) is 15.3 Å². The predicted molar refractivity (Wildman–Crippen MR) is 93.9 cm³/mol. The monoisotopic (exact) mass is 340 g/mol. The van der Waals surface area contributed by atoms with Crippen molar-refractivity contribution in [2.45, 2.75) is 13.0 Å². The van der Waals surface area contributed by atoms with Gasteiger partial charge < -0.3 is 9.88 Å². The lowest BCUT2D eigenvalue weighted by atomic mass is 10.2. The van der Waals surface area contributed by atoms with Crippen LogP contribution in [0.5, 0.6) is 0 Å². The van der Waals surface area contributed by atoms with Crippen LogP contribution in [0.25, 0.3) is 11.3 Å². The summed E-state index contributed by atoms with van der Waals surface area (Å²) in [5.41, 5.74) is 2.56. The fourth-order valence-electron chi connectivity index (χ4n) is 2.32. The molecule has 6 heteroatoms. The Bertz CT molecular complexity index is 799. The molecule has 1 N–H and O–H groups in total. The normalized spacial score (nSPS) is 10.5. The van der Waals surface area contributed by atoms with E-state index >= 15 is 0 Å². The molecule has 24 heavy (non-hydrogen) atoms. The van der Waals surface area contributed by atoms with Gasteiger partial charge in [-0.25, -0.2) is 9.97 Å². The Morgan fingerprint density at radius 3 is 2.71 bits per heavy atom. The average Bonchev–Trinajstić information content (AvgIpc) is 3.09. The second kappa shape index (κ2) is 7.75. The van der Waals surface area contributed by atoms with Crippen LogP contribution < -0.4 is 5.32 Å². The zero-order valence-electron chi connectivity index (χ0n) is 13.0. The standard InChI is InChI=1S/C18H17ClN4O/c19-17-8-7-15(11-21-17)18(24)20-9-4-10-23-12-16(22-13-23)14-5-2-1-3-6-14/h1-3,5-8,11-13H,4,9-10H2,(H,20,24). The number of aryl methyl sites for hydroxylation is 1. The number of hydrogen-bond acceptors (Lipinski definition) is 3. The quantitative estimate of drug-likeness (QED) is 0.552. The Morgan fingerprint density at radius 2 is 1.96 bits per heavy atom. The van der Waals surface area contributed by atoms with Gasteiger partial charge in [0, 0.05) is 31.0 Å². The molecule has 0 aliphatic rings. The number of rotatable bonds is 6. The van der Waals surface area contributed by atoms with Gasteiger partial charge in [0.15, 0.2) is 0 Å². The predicted octanol–water partition coefficient (Wildman–Crippen LogP) is 3.42. The first-order valence-electron chi connectivity index (χ1n) is 7.69. The second-order valence-corrected chi connectivity index (χ2v) is 5.73. The van der Waals surface area contributed by atoms with Crippen molar-refractivity contribution in [2.75, 3.05) is 6.54 Å². The van der Waals surface area contributed by atoms with Gasteiger partial charge in [0.1, 0.15) is 5.15 Å². The van der Waals surface area contributed by atoms with E-state index in [9.17, 15) is 4.79 Å². The van der Waals surface area contributed by atoms with E-state index in [-0.39, 0.29) is 5.91 Å². The molecule has 0 saturated carbocycles. The fraction of sp³-hybridized carbons (Fsp3) is 0.167. The highest BCUT2D eigenvalue weighted by Gasteiger charge is 2.05. The van der Waals surface area contributed by atoms with Crippen molar-refractivity contribution in [1.82, 2.24) is 19.9 Å². The average molecular weight is 341 g/mol. The molecule has 122 valence electrons. The number of nitrogens with zero attached hydrogens (tertiary/aromatic N) is 3. The number of aromatic nitrogens is 3.